The van der Waals surface area contributed by atoms with Crippen LogP contribution in [0.4, 0.5) is 5.69 Å². The number of nitrogens with zero attached hydrogens (tertiary/aromatic N) is 1. The SMILES string of the molecule is CON(OC)c1ccccc1[C](C)c1ccccc1Oc1ccccc1. The van der Waals surface area contributed by atoms with E-state index in [0.717, 1.165) is 34.2 Å². The monoisotopic (exact) mass is 348 g/mol. The molecule has 0 aromatic heterocycles. The molecule has 0 atom stereocenters. The summed E-state index contributed by atoms with van der Waals surface area (Å²) in [4.78, 5) is 10.6. The Morgan fingerprint density at radius 1 is 0.692 bits per heavy atom. The van der Waals surface area contributed by atoms with Crippen molar-refractivity contribution in [3.63, 3.8) is 0 Å². The van der Waals surface area contributed by atoms with E-state index >= 15 is 0 Å². The fraction of sp³-hybridized carbons (Fsp3) is 0.136. The molecule has 0 heterocycles. The maximum atomic E-state index is 6.11. The zero-order valence-electron chi connectivity index (χ0n) is 15.2. The highest BCUT2D eigenvalue weighted by atomic mass is 16.9. The van der Waals surface area contributed by atoms with Gasteiger partial charge < -0.3 is 4.74 Å². The molecule has 4 heteroatoms. The minimum atomic E-state index is 0.799. The molecule has 0 fully saturated rings. The van der Waals surface area contributed by atoms with Gasteiger partial charge in [0.25, 0.3) is 0 Å². The van der Waals surface area contributed by atoms with Crippen LogP contribution in [0.5, 0.6) is 11.5 Å². The molecule has 3 aromatic carbocycles. The Labute approximate surface area is 154 Å². The Hall–Kier alpha value is -2.82. The van der Waals surface area contributed by atoms with Crippen LogP contribution in [0.2, 0.25) is 0 Å². The maximum absolute atomic E-state index is 6.11. The van der Waals surface area contributed by atoms with Gasteiger partial charge in [-0.25, -0.2) is 0 Å². The number of ether oxygens (including phenoxy) is 1. The quantitative estimate of drug-likeness (QED) is 0.535. The number of rotatable bonds is 7. The van der Waals surface area contributed by atoms with Gasteiger partial charge in [0.05, 0.1) is 19.9 Å². The fourth-order valence-corrected chi connectivity index (χ4v) is 2.85. The van der Waals surface area contributed by atoms with Gasteiger partial charge in [-0.05, 0) is 29.8 Å². The van der Waals surface area contributed by atoms with Crippen molar-refractivity contribution >= 4 is 5.69 Å². The second kappa shape index (κ2) is 8.52. The Kier molecular flexibility index (Phi) is 5.89. The zero-order chi connectivity index (χ0) is 18.4. The molecule has 0 spiro atoms. The van der Waals surface area contributed by atoms with Crippen LogP contribution in [0.1, 0.15) is 18.1 Å². The third-order valence-electron chi connectivity index (χ3n) is 4.10. The summed E-state index contributed by atoms with van der Waals surface area (Å²) >= 11 is 0. The van der Waals surface area contributed by atoms with E-state index in [-0.39, 0.29) is 0 Å². The molecule has 0 aliphatic heterocycles. The van der Waals surface area contributed by atoms with Crippen molar-refractivity contribution in [2.24, 2.45) is 0 Å². The summed E-state index contributed by atoms with van der Waals surface area (Å²) in [5, 5.41) is 1.39. The topological polar surface area (TPSA) is 30.9 Å². The van der Waals surface area contributed by atoms with Crippen LogP contribution in [-0.2, 0) is 9.68 Å². The molecule has 0 unspecified atom stereocenters. The van der Waals surface area contributed by atoms with Gasteiger partial charge in [0.1, 0.15) is 11.5 Å². The number of benzene rings is 3. The second-order valence-corrected chi connectivity index (χ2v) is 5.68. The molecule has 3 aromatic rings. The normalized spacial score (nSPS) is 10.8. The maximum Gasteiger partial charge on any atom is 0.131 e. The van der Waals surface area contributed by atoms with Crippen molar-refractivity contribution in [2.75, 3.05) is 19.4 Å². The zero-order valence-corrected chi connectivity index (χ0v) is 15.2. The predicted molar refractivity (Wildman–Crippen MR) is 103 cm³/mol. The number of para-hydroxylation sites is 3. The Balaban J connectivity index is 1.98. The highest BCUT2D eigenvalue weighted by Crippen LogP contribution is 2.37. The fourth-order valence-electron chi connectivity index (χ4n) is 2.85. The molecule has 133 valence electrons. The van der Waals surface area contributed by atoms with Gasteiger partial charge in [0.2, 0.25) is 0 Å². The first-order valence-electron chi connectivity index (χ1n) is 8.38. The van der Waals surface area contributed by atoms with Gasteiger partial charge in [-0.3, -0.25) is 9.68 Å². The standard InChI is InChI=1S/C22H22NO3/c1-17(19-13-7-9-15-21(19)23(24-2)25-3)20-14-8-10-16-22(20)26-18-11-5-4-6-12-18/h4-16H,1-3H3. The molecule has 3 rings (SSSR count). The van der Waals surface area contributed by atoms with Crippen LogP contribution in [0.3, 0.4) is 0 Å². The van der Waals surface area contributed by atoms with Crippen LogP contribution in [0, 0.1) is 5.92 Å². The second-order valence-electron chi connectivity index (χ2n) is 5.68. The van der Waals surface area contributed by atoms with Crippen LogP contribution >= 0.6 is 0 Å². The lowest BCUT2D eigenvalue weighted by molar-refractivity contribution is -0.0435. The third-order valence-corrected chi connectivity index (χ3v) is 4.10. The van der Waals surface area contributed by atoms with Gasteiger partial charge in [-0.2, -0.15) is 0 Å². The molecular formula is C22H22NO3. The van der Waals surface area contributed by atoms with E-state index in [1.807, 2.05) is 78.9 Å². The molecule has 4 nitrogen and oxygen atoms in total. The number of anilines is 1. The van der Waals surface area contributed by atoms with Gasteiger partial charge >= 0.3 is 0 Å². The summed E-state index contributed by atoms with van der Waals surface area (Å²) in [7, 11) is 3.14. The van der Waals surface area contributed by atoms with Crippen molar-refractivity contribution in [2.45, 2.75) is 6.92 Å². The summed E-state index contributed by atoms with van der Waals surface area (Å²) in [5.74, 6) is 2.66. The largest absolute Gasteiger partial charge is 0.457 e. The average Bonchev–Trinajstić information content (AvgIpc) is 2.70. The smallest absolute Gasteiger partial charge is 0.131 e. The summed E-state index contributed by atoms with van der Waals surface area (Å²) in [6.45, 7) is 2.06. The predicted octanol–water partition coefficient (Wildman–Crippen LogP) is 5.40. The molecule has 0 aliphatic carbocycles. The average molecular weight is 348 g/mol. The minimum absolute atomic E-state index is 0.799. The number of hydrogen-bond acceptors (Lipinski definition) is 4. The van der Waals surface area contributed by atoms with Crippen LogP contribution in [0.25, 0.3) is 0 Å². The van der Waals surface area contributed by atoms with E-state index in [2.05, 4.69) is 6.92 Å². The van der Waals surface area contributed by atoms with E-state index in [0.29, 0.717) is 0 Å². The van der Waals surface area contributed by atoms with Crippen molar-refractivity contribution in [3.8, 4) is 11.5 Å². The first kappa shape index (κ1) is 18.0. The van der Waals surface area contributed by atoms with E-state index in [1.165, 1.54) is 5.23 Å². The highest BCUT2D eigenvalue weighted by Gasteiger charge is 2.20. The highest BCUT2D eigenvalue weighted by molar-refractivity contribution is 5.63. The van der Waals surface area contributed by atoms with Gasteiger partial charge in [0.15, 0.2) is 0 Å². The molecule has 0 saturated carbocycles. The van der Waals surface area contributed by atoms with E-state index in [1.54, 1.807) is 14.2 Å². The first-order valence-corrected chi connectivity index (χ1v) is 8.38. The molecular weight excluding hydrogens is 326 g/mol. The van der Waals surface area contributed by atoms with Gasteiger partial charge in [-0.15, -0.1) is 5.23 Å². The van der Waals surface area contributed by atoms with Crippen LogP contribution in [-0.4, -0.2) is 14.2 Å². The first-order chi connectivity index (χ1) is 12.7. The van der Waals surface area contributed by atoms with E-state index in [9.17, 15) is 0 Å². The molecule has 1 radical (unpaired) electrons. The van der Waals surface area contributed by atoms with Crippen molar-refractivity contribution < 1.29 is 14.4 Å². The summed E-state index contributed by atoms with van der Waals surface area (Å²) in [6, 6.07) is 25.7. The summed E-state index contributed by atoms with van der Waals surface area (Å²) in [5.41, 5.74) is 2.83. The minimum Gasteiger partial charge on any atom is -0.457 e. The molecule has 0 aliphatic rings. The summed E-state index contributed by atoms with van der Waals surface area (Å²) < 4.78 is 6.11. The van der Waals surface area contributed by atoms with Gasteiger partial charge in [0, 0.05) is 11.5 Å². The molecule has 26 heavy (non-hydrogen) atoms. The lowest BCUT2D eigenvalue weighted by Crippen LogP contribution is -2.22. The lowest BCUT2D eigenvalue weighted by atomic mass is 9.91. The molecule has 0 N–H and O–H groups in total. The van der Waals surface area contributed by atoms with E-state index in [4.69, 9.17) is 14.4 Å². The van der Waals surface area contributed by atoms with Crippen molar-refractivity contribution in [3.05, 3.63) is 95.9 Å². The van der Waals surface area contributed by atoms with E-state index < -0.39 is 0 Å². The molecule has 0 amide bonds. The molecule has 0 bridgehead atoms. The Bertz CT molecular complexity index is 832. The van der Waals surface area contributed by atoms with Gasteiger partial charge in [-0.1, -0.05) is 61.5 Å². The van der Waals surface area contributed by atoms with Crippen molar-refractivity contribution in [1.82, 2.24) is 0 Å². The van der Waals surface area contributed by atoms with Crippen LogP contribution < -0.4 is 9.96 Å². The van der Waals surface area contributed by atoms with Crippen LogP contribution in [0.15, 0.2) is 78.9 Å². The third kappa shape index (κ3) is 3.87. The number of hydrogen-bond donors (Lipinski definition) is 0. The lowest BCUT2D eigenvalue weighted by Gasteiger charge is -2.24. The molecule has 0 saturated heterocycles. The summed E-state index contributed by atoms with van der Waals surface area (Å²) in [6.07, 6.45) is 0. The Morgan fingerprint density at radius 2 is 1.27 bits per heavy atom. The van der Waals surface area contributed by atoms with Crippen molar-refractivity contribution in [1.29, 1.82) is 0 Å². The Morgan fingerprint density at radius 3 is 1.96 bits per heavy atom.